The van der Waals surface area contributed by atoms with Gasteiger partial charge in [0.05, 0.1) is 35.2 Å². The molecule has 5 rings (SSSR count). The zero-order chi connectivity index (χ0) is 46.4. The van der Waals surface area contributed by atoms with E-state index in [1.165, 1.54) is 64.2 Å². The quantitative estimate of drug-likeness (QED) is 0.0251. The van der Waals surface area contributed by atoms with Gasteiger partial charge in [-0.2, -0.15) is 0 Å². The summed E-state index contributed by atoms with van der Waals surface area (Å²) in [5.41, 5.74) is 7.83. The predicted molar refractivity (Wildman–Crippen MR) is 261 cm³/mol. The minimum atomic E-state index is -0.680. The fourth-order valence-corrected chi connectivity index (χ4v) is 8.40. The molecule has 0 spiro atoms. The maximum absolute atomic E-state index is 12.6. The lowest BCUT2D eigenvalue weighted by Gasteiger charge is -2.20. The van der Waals surface area contributed by atoms with Crippen LogP contribution in [0.3, 0.4) is 0 Å². The van der Waals surface area contributed by atoms with Gasteiger partial charge in [0.25, 0.3) is 0 Å². The molecule has 4 aromatic carbocycles. The zero-order valence-electron chi connectivity index (χ0n) is 39.6. The Balaban J connectivity index is 0.857. The average molecular weight is 895 g/mol. The molecule has 1 aromatic heterocycles. The molecule has 0 radical (unpaired) electrons. The van der Waals surface area contributed by atoms with Crippen molar-refractivity contribution in [2.75, 3.05) is 25.6 Å². The van der Waals surface area contributed by atoms with Crippen LogP contribution in [-0.4, -0.2) is 41.9 Å². The molecule has 11 heteroatoms. The summed E-state index contributed by atoms with van der Waals surface area (Å²) in [6, 6.07) is 19.6. The van der Waals surface area contributed by atoms with E-state index in [1.54, 1.807) is 26.8 Å². The average Bonchev–Trinajstić information content (AvgIpc) is 3.53. The van der Waals surface area contributed by atoms with Crippen LogP contribution in [0.1, 0.15) is 160 Å². The number of nitrogens with zero attached hydrogens (tertiary/aromatic N) is 1. The van der Waals surface area contributed by atoms with Crippen molar-refractivity contribution in [3.05, 3.63) is 92.4 Å². The number of benzene rings is 3. The van der Waals surface area contributed by atoms with E-state index in [9.17, 15) is 19.2 Å². The molecule has 0 fully saturated rings. The first-order valence-corrected chi connectivity index (χ1v) is 24.4. The van der Waals surface area contributed by atoms with Gasteiger partial charge in [0, 0.05) is 24.0 Å². The Bertz CT molecular complexity index is 2300. The first-order valence-electron chi connectivity index (χ1n) is 24.4. The molecular formula is C54H74N2O9. The SMILES string of the molecule is Cc1c(N)c2c(OCC(=O)OC(C)(C)C)c3c(=O)c(=O)c3cc2n1CCCCCCCCCCCCOc1ccccc1OCCCCCCCCCCCC(=O)OCc1ccccc1. The van der Waals surface area contributed by atoms with Gasteiger partial charge in [0.15, 0.2) is 18.1 Å². The number of para-hydroxylation sites is 2. The maximum atomic E-state index is 12.6. The van der Waals surface area contributed by atoms with Gasteiger partial charge < -0.3 is 34.0 Å². The lowest BCUT2D eigenvalue weighted by atomic mass is 10.0. The van der Waals surface area contributed by atoms with Crippen LogP contribution in [0.2, 0.25) is 0 Å². The minimum Gasteiger partial charge on any atom is -0.490 e. The first kappa shape index (κ1) is 50.7. The van der Waals surface area contributed by atoms with Gasteiger partial charge >= 0.3 is 11.9 Å². The molecule has 0 aliphatic carbocycles. The predicted octanol–water partition coefficient (Wildman–Crippen LogP) is 12.0. The van der Waals surface area contributed by atoms with Gasteiger partial charge in [-0.25, -0.2) is 4.79 Å². The van der Waals surface area contributed by atoms with E-state index in [4.69, 9.17) is 29.4 Å². The molecule has 0 bridgehead atoms. The number of unbranched alkanes of at least 4 members (excludes halogenated alkanes) is 17. The van der Waals surface area contributed by atoms with Crippen molar-refractivity contribution in [2.24, 2.45) is 0 Å². The van der Waals surface area contributed by atoms with Crippen molar-refractivity contribution in [1.82, 2.24) is 4.57 Å². The molecule has 11 nitrogen and oxygen atoms in total. The number of carbonyl (C=O) groups excluding carboxylic acids is 2. The molecule has 0 aliphatic heterocycles. The highest BCUT2D eigenvalue weighted by molar-refractivity contribution is 6.12. The summed E-state index contributed by atoms with van der Waals surface area (Å²) in [5, 5.41) is 1.07. The molecule has 5 aromatic rings. The number of hydrogen-bond donors (Lipinski definition) is 1. The second-order valence-corrected chi connectivity index (χ2v) is 18.5. The maximum Gasteiger partial charge on any atom is 0.344 e. The van der Waals surface area contributed by atoms with E-state index in [0.29, 0.717) is 42.7 Å². The zero-order valence-corrected chi connectivity index (χ0v) is 39.6. The molecule has 2 N–H and O–H groups in total. The summed E-state index contributed by atoms with van der Waals surface area (Å²) < 4.78 is 31.0. The molecule has 0 atom stereocenters. The van der Waals surface area contributed by atoms with Crippen molar-refractivity contribution in [1.29, 1.82) is 0 Å². The lowest BCUT2D eigenvalue weighted by molar-refractivity contribution is -0.157. The van der Waals surface area contributed by atoms with Crippen LogP contribution in [0.4, 0.5) is 5.69 Å². The number of rotatable bonds is 32. The van der Waals surface area contributed by atoms with Crippen molar-refractivity contribution in [3.63, 3.8) is 0 Å². The van der Waals surface area contributed by atoms with Gasteiger partial charge in [-0.3, -0.25) is 14.4 Å². The second-order valence-electron chi connectivity index (χ2n) is 18.5. The fraction of sp³-hybridized carbons (Fsp3) is 0.556. The number of carbonyl (C=O) groups is 2. The number of anilines is 1. The molecule has 1 heterocycles. The van der Waals surface area contributed by atoms with Crippen molar-refractivity contribution in [3.8, 4) is 17.2 Å². The normalized spacial score (nSPS) is 11.7. The molecule has 65 heavy (non-hydrogen) atoms. The monoisotopic (exact) mass is 895 g/mol. The number of nitrogen functional groups attached to an aromatic ring is 1. The Hall–Kier alpha value is -5.32. The van der Waals surface area contributed by atoms with E-state index >= 15 is 0 Å². The summed E-state index contributed by atoms with van der Waals surface area (Å²) in [5.74, 6) is 1.18. The van der Waals surface area contributed by atoms with Crippen molar-refractivity contribution >= 4 is 39.3 Å². The Morgan fingerprint density at radius 2 is 1.11 bits per heavy atom. The highest BCUT2D eigenvalue weighted by atomic mass is 16.6. The molecule has 0 aliphatic rings. The third-order valence-electron chi connectivity index (χ3n) is 12.0. The van der Waals surface area contributed by atoms with Gasteiger partial charge in [-0.1, -0.05) is 139 Å². The third-order valence-corrected chi connectivity index (χ3v) is 12.0. The number of aromatic nitrogens is 1. The van der Waals surface area contributed by atoms with Crippen LogP contribution in [0.15, 0.2) is 70.3 Å². The van der Waals surface area contributed by atoms with Crippen molar-refractivity contribution in [2.45, 2.75) is 175 Å². The van der Waals surface area contributed by atoms with Crippen LogP contribution < -0.4 is 30.8 Å². The summed E-state index contributed by atoms with van der Waals surface area (Å²) in [6.07, 6.45) is 22.2. The molecule has 0 unspecified atom stereocenters. The Kier molecular flexibility index (Phi) is 20.7. The van der Waals surface area contributed by atoms with Gasteiger partial charge in [-0.15, -0.1) is 0 Å². The smallest absolute Gasteiger partial charge is 0.344 e. The minimum absolute atomic E-state index is 0.103. The van der Waals surface area contributed by atoms with E-state index < -0.39 is 22.4 Å². The van der Waals surface area contributed by atoms with E-state index in [2.05, 4.69) is 4.57 Å². The molecule has 354 valence electrons. The molecule has 0 amide bonds. The second kappa shape index (κ2) is 26.6. The molecule has 0 saturated carbocycles. The summed E-state index contributed by atoms with van der Waals surface area (Å²) in [6.45, 7) is 9.34. The van der Waals surface area contributed by atoms with Crippen LogP contribution in [0, 0.1) is 6.92 Å². The van der Waals surface area contributed by atoms with Gasteiger partial charge in [0.2, 0.25) is 10.9 Å². The van der Waals surface area contributed by atoms with E-state index in [-0.39, 0.29) is 23.7 Å². The third kappa shape index (κ3) is 16.3. The van der Waals surface area contributed by atoms with Crippen LogP contribution in [-0.2, 0) is 32.2 Å². The Morgan fingerprint density at radius 3 is 1.66 bits per heavy atom. The topological polar surface area (TPSA) is 145 Å². The number of ether oxygens (including phenoxy) is 5. The number of aryl methyl sites for hydroxylation is 1. The summed E-state index contributed by atoms with van der Waals surface area (Å²) in [7, 11) is 0. The number of nitrogens with two attached hydrogens (primary N) is 1. The van der Waals surface area contributed by atoms with Crippen molar-refractivity contribution < 1.29 is 33.3 Å². The summed E-state index contributed by atoms with van der Waals surface area (Å²) >= 11 is 0. The number of esters is 2. The Labute approximate surface area is 386 Å². The molecule has 0 saturated heterocycles. The summed E-state index contributed by atoms with van der Waals surface area (Å²) in [4.78, 5) is 49.4. The lowest BCUT2D eigenvalue weighted by Crippen LogP contribution is -2.32. The number of hydrogen-bond acceptors (Lipinski definition) is 10. The van der Waals surface area contributed by atoms with Crippen LogP contribution in [0.5, 0.6) is 17.2 Å². The standard InChI is InChI=1S/C54H74N2O9/c1-40-50(55)49-43(37-42-48(52(60)51(42)59)53(49)64-39-47(58)65-54(2,3)4)56(40)34-26-17-13-9-5-6-10-14-18-27-35-61-44-31-24-25-32-45(44)62-36-28-19-15-11-7-8-12-16-23-33-46(57)63-38-41-29-21-20-22-30-41/h20-22,24-25,29-32,37H,5-19,23,26-28,33-36,38-39,55H2,1-4H3. The van der Waals surface area contributed by atoms with Gasteiger partial charge in [0.1, 0.15) is 18.0 Å². The van der Waals surface area contributed by atoms with E-state index in [0.717, 1.165) is 92.6 Å². The van der Waals surface area contributed by atoms with Crippen LogP contribution in [0.25, 0.3) is 21.7 Å². The largest absolute Gasteiger partial charge is 0.490 e. The van der Waals surface area contributed by atoms with Gasteiger partial charge in [-0.05, 0) is 77.1 Å². The highest BCUT2D eigenvalue weighted by Crippen LogP contribution is 2.40. The van der Waals surface area contributed by atoms with E-state index in [1.807, 2.05) is 61.5 Å². The highest BCUT2D eigenvalue weighted by Gasteiger charge is 2.27. The Morgan fingerprint density at radius 1 is 0.600 bits per heavy atom. The molecular weight excluding hydrogens is 821 g/mol. The number of fused-ring (bicyclic) bond motifs is 2. The fourth-order valence-electron chi connectivity index (χ4n) is 8.40. The van der Waals surface area contributed by atoms with Crippen LogP contribution >= 0.6 is 0 Å². The first-order chi connectivity index (χ1) is 31.4.